The summed E-state index contributed by atoms with van der Waals surface area (Å²) in [5.74, 6) is 0.864. The van der Waals surface area contributed by atoms with Gasteiger partial charge in [0.05, 0.1) is 19.0 Å². The van der Waals surface area contributed by atoms with Crippen LogP contribution in [0.15, 0.2) is 30.5 Å². The van der Waals surface area contributed by atoms with Crippen LogP contribution in [0.3, 0.4) is 0 Å². The van der Waals surface area contributed by atoms with Crippen LogP contribution in [0.4, 0.5) is 0 Å². The van der Waals surface area contributed by atoms with Crippen LogP contribution in [0.2, 0.25) is 0 Å². The van der Waals surface area contributed by atoms with Gasteiger partial charge in [0.2, 0.25) is 0 Å². The molecule has 1 fully saturated rings. The number of benzene rings is 1. The minimum Gasteiger partial charge on any atom is -0.497 e. The van der Waals surface area contributed by atoms with Crippen LogP contribution < -0.4 is 10.5 Å². The van der Waals surface area contributed by atoms with Gasteiger partial charge in [0.15, 0.2) is 0 Å². The van der Waals surface area contributed by atoms with Gasteiger partial charge in [-0.25, -0.2) is 0 Å². The second-order valence-electron chi connectivity index (χ2n) is 6.47. The average Bonchev–Trinajstić information content (AvgIpc) is 3.15. The van der Waals surface area contributed by atoms with Crippen LogP contribution in [0.5, 0.6) is 5.75 Å². The monoisotopic (exact) mass is 336 g/mol. The van der Waals surface area contributed by atoms with E-state index in [1.165, 1.54) is 12.0 Å². The highest BCUT2D eigenvalue weighted by Gasteiger charge is 2.32. The maximum Gasteiger partial charge on any atom is 0.118 e. The first-order chi connectivity index (χ1) is 10.6. The lowest BCUT2D eigenvalue weighted by Crippen LogP contribution is -2.31. The van der Waals surface area contributed by atoms with Crippen LogP contribution in [0.1, 0.15) is 18.9 Å². The minimum atomic E-state index is 0. The lowest BCUT2D eigenvalue weighted by molar-refractivity contribution is 0.275. The van der Waals surface area contributed by atoms with Crippen molar-refractivity contribution in [1.82, 2.24) is 15.1 Å². The summed E-state index contributed by atoms with van der Waals surface area (Å²) < 4.78 is 5.21. The number of aromatic amines is 1. The maximum atomic E-state index is 5.89. The lowest BCUT2D eigenvalue weighted by atomic mass is 9.90. The molecular weight excluding hydrogens is 312 g/mol. The predicted molar refractivity (Wildman–Crippen MR) is 94.9 cm³/mol. The Hall–Kier alpha value is -1.56. The first-order valence-corrected chi connectivity index (χ1v) is 7.73. The Kier molecular flexibility index (Phi) is 5.68. The average molecular weight is 337 g/mol. The molecule has 0 radical (unpaired) electrons. The molecule has 2 aromatic rings. The molecule has 1 aliphatic heterocycles. The number of nitrogens with two attached hydrogens (primary N) is 1. The van der Waals surface area contributed by atoms with Gasteiger partial charge in [-0.3, -0.25) is 10.00 Å². The Morgan fingerprint density at radius 1 is 1.35 bits per heavy atom. The summed E-state index contributed by atoms with van der Waals surface area (Å²) in [7, 11) is 1.68. The van der Waals surface area contributed by atoms with Gasteiger partial charge in [-0.15, -0.1) is 12.4 Å². The molecule has 0 aliphatic carbocycles. The van der Waals surface area contributed by atoms with Gasteiger partial charge in [0, 0.05) is 24.2 Å². The molecule has 0 spiro atoms. The zero-order chi connectivity index (χ0) is 15.6. The number of halogens is 1. The Morgan fingerprint density at radius 2 is 2.09 bits per heavy atom. The summed E-state index contributed by atoms with van der Waals surface area (Å²) >= 11 is 0. The van der Waals surface area contributed by atoms with Crippen molar-refractivity contribution in [2.45, 2.75) is 19.9 Å². The van der Waals surface area contributed by atoms with Gasteiger partial charge in [-0.2, -0.15) is 5.10 Å². The normalized spacial score (nSPS) is 21.2. The van der Waals surface area contributed by atoms with Crippen molar-refractivity contribution >= 4 is 12.4 Å². The molecular formula is C17H25ClN4O. The van der Waals surface area contributed by atoms with E-state index < -0.39 is 0 Å². The number of H-pyrrole nitrogens is 1. The third kappa shape index (κ3) is 3.86. The zero-order valence-corrected chi connectivity index (χ0v) is 14.5. The maximum absolute atomic E-state index is 5.89. The highest BCUT2D eigenvalue weighted by Crippen LogP contribution is 2.31. The van der Waals surface area contributed by atoms with E-state index in [0.717, 1.165) is 43.2 Å². The van der Waals surface area contributed by atoms with Gasteiger partial charge in [-0.1, -0.05) is 6.92 Å². The van der Waals surface area contributed by atoms with Gasteiger partial charge < -0.3 is 10.5 Å². The fourth-order valence-electron chi connectivity index (χ4n) is 3.11. The van der Waals surface area contributed by atoms with Gasteiger partial charge >= 0.3 is 0 Å². The number of ether oxygens (including phenoxy) is 1. The molecule has 1 aromatic carbocycles. The third-order valence-electron chi connectivity index (χ3n) is 4.62. The summed E-state index contributed by atoms with van der Waals surface area (Å²) in [4.78, 5) is 2.46. The topological polar surface area (TPSA) is 67.2 Å². The van der Waals surface area contributed by atoms with Crippen molar-refractivity contribution in [3.8, 4) is 17.0 Å². The molecule has 126 valence electrons. The standard InChI is InChI=1S/C17H24N4O.ClH/c1-17(11-18)7-8-21(12-17)10-14-9-19-20-16(14)13-3-5-15(22-2)6-4-13;/h3-6,9H,7-8,10-12,18H2,1-2H3,(H,19,20);1H. The predicted octanol–water partition coefficient (Wildman–Crippen LogP) is 2.68. The minimum absolute atomic E-state index is 0. The Bertz CT molecular complexity index is 628. The Morgan fingerprint density at radius 3 is 2.70 bits per heavy atom. The highest BCUT2D eigenvalue weighted by atomic mass is 35.5. The highest BCUT2D eigenvalue weighted by molar-refractivity contribution is 5.85. The molecule has 0 bridgehead atoms. The van der Waals surface area contributed by atoms with E-state index in [1.54, 1.807) is 7.11 Å². The largest absolute Gasteiger partial charge is 0.497 e. The number of nitrogens with one attached hydrogen (secondary N) is 1. The van der Waals surface area contributed by atoms with Gasteiger partial charge in [0.25, 0.3) is 0 Å². The van der Waals surface area contributed by atoms with Crippen LogP contribution >= 0.6 is 12.4 Å². The van der Waals surface area contributed by atoms with E-state index in [4.69, 9.17) is 10.5 Å². The molecule has 2 heterocycles. The first-order valence-electron chi connectivity index (χ1n) is 7.73. The fraction of sp³-hybridized carbons (Fsp3) is 0.471. The molecule has 3 rings (SSSR count). The molecule has 0 saturated carbocycles. The molecule has 1 aromatic heterocycles. The number of rotatable bonds is 5. The summed E-state index contributed by atoms with van der Waals surface area (Å²) in [6, 6.07) is 8.07. The van der Waals surface area contributed by atoms with Crippen molar-refractivity contribution in [3.63, 3.8) is 0 Å². The molecule has 3 N–H and O–H groups in total. The van der Waals surface area contributed by atoms with Crippen LogP contribution in [-0.4, -0.2) is 41.8 Å². The summed E-state index contributed by atoms with van der Waals surface area (Å²) in [5, 5.41) is 7.36. The number of methoxy groups -OCH3 is 1. The molecule has 1 saturated heterocycles. The number of hydrogen-bond donors (Lipinski definition) is 2. The molecule has 6 heteroatoms. The Balaban J connectivity index is 0.00000192. The number of nitrogens with zero attached hydrogens (tertiary/aromatic N) is 2. The summed E-state index contributed by atoms with van der Waals surface area (Å²) in [6.45, 7) is 6.08. The second kappa shape index (κ2) is 7.34. The van der Waals surface area contributed by atoms with Crippen LogP contribution in [0, 0.1) is 5.41 Å². The van der Waals surface area contributed by atoms with Gasteiger partial charge in [-0.05, 0) is 49.2 Å². The van der Waals surface area contributed by atoms with E-state index in [9.17, 15) is 0 Å². The molecule has 1 aliphatic rings. The molecule has 23 heavy (non-hydrogen) atoms. The molecule has 1 atom stereocenters. The summed E-state index contributed by atoms with van der Waals surface area (Å²) in [5.41, 5.74) is 9.60. The van der Waals surface area contributed by atoms with E-state index in [-0.39, 0.29) is 17.8 Å². The molecule has 0 amide bonds. The second-order valence-corrected chi connectivity index (χ2v) is 6.47. The van der Waals surface area contributed by atoms with Crippen molar-refractivity contribution in [2.75, 3.05) is 26.7 Å². The van der Waals surface area contributed by atoms with E-state index in [0.29, 0.717) is 0 Å². The number of aromatic nitrogens is 2. The van der Waals surface area contributed by atoms with E-state index in [2.05, 4.69) is 34.2 Å². The number of hydrogen-bond acceptors (Lipinski definition) is 4. The van der Waals surface area contributed by atoms with Gasteiger partial charge in [0.1, 0.15) is 5.75 Å². The lowest BCUT2D eigenvalue weighted by Gasteiger charge is -2.22. The van der Waals surface area contributed by atoms with Crippen LogP contribution in [0.25, 0.3) is 11.3 Å². The fourth-order valence-corrected chi connectivity index (χ4v) is 3.11. The third-order valence-corrected chi connectivity index (χ3v) is 4.62. The SMILES string of the molecule is COc1ccc(-c2[nH]ncc2CN2CCC(C)(CN)C2)cc1.Cl. The van der Waals surface area contributed by atoms with E-state index in [1.807, 2.05) is 18.3 Å². The van der Waals surface area contributed by atoms with E-state index >= 15 is 0 Å². The van der Waals surface area contributed by atoms with Crippen molar-refractivity contribution in [1.29, 1.82) is 0 Å². The molecule has 1 unspecified atom stereocenters. The van der Waals surface area contributed by atoms with Crippen molar-refractivity contribution in [3.05, 3.63) is 36.0 Å². The molecule has 5 nitrogen and oxygen atoms in total. The Labute approximate surface area is 143 Å². The van der Waals surface area contributed by atoms with Crippen molar-refractivity contribution in [2.24, 2.45) is 11.1 Å². The zero-order valence-electron chi connectivity index (χ0n) is 13.7. The first kappa shape index (κ1) is 17.8. The van der Waals surface area contributed by atoms with Crippen molar-refractivity contribution < 1.29 is 4.74 Å². The number of likely N-dealkylation sites (tertiary alicyclic amines) is 1. The smallest absolute Gasteiger partial charge is 0.118 e. The quantitative estimate of drug-likeness (QED) is 0.881. The van der Waals surface area contributed by atoms with Crippen LogP contribution in [-0.2, 0) is 6.54 Å². The summed E-state index contributed by atoms with van der Waals surface area (Å²) in [6.07, 6.45) is 3.09.